The molecule has 0 saturated carbocycles. The fourth-order valence-corrected chi connectivity index (χ4v) is 0.916. The lowest BCUT2D eigenvalue weighted by Crippen LogP contribution is -1.98. The fourth-order valence-electron chi connectivity index (χ4n) is 0.610. The van der Waals surface area contributed by atoms with Crippen molar-refractivity contribution in [2.24, 2.45) is 0 Å². The zero-order valence-electron chi connectivity index (χ0n) is 5.49. The third kappa shape index (κ3) is 1.74. The molecule has 0 aliphatic carbocycles. The summed E-state index contributed by atoms with van der Waals surface area (Å²) in [4.78, 5) is 2.99. The van der Waals surface area contributed by atoms with Crippen molar-refractivity contribution in [3.05, 3.63) is 28.0 Å². The fraction of sp³-hybridized carbons (Fsp3) is 0.167. The molecule has 0 aliphatic rings. The zero-order chi connectivity index (χ0) is 9.30. The summed E-state index contributed by atoms with van der Waals surface area (Å²) in [6.07, 6.45) is -3.04. The Kier molecular flexibility index (Phi) is 2.66. The highest BCUT2D eigenvalue weighted by Crippen LogP contribution is 2.23. The maximum atomic E-state index is 12.5. The van der Waals surface area contributed by atoms with Crippen LogP contribution in [0.1, 0.15) is 12.1 Å². The van der Waals surface area contributed by atoms with Crippen LogP contribution in [-0.2, 0) is 0 Å². The van der Waals surface area contributed by atoms with Crippen LogP contribution in [0.2, 0.25) is 0 Å². The second kappa shape index (κ2) is 3.38. The number of nitrogens with zero attached hydrogens (tertiary/aromatic N) is 1. The monoisotopic (exact) mass is 243 g/mol. The minimum Gasteiger partial charge on any atom is -0.234 e. The highest BCUT2D eigenvalue weighted by Gasteiger charge is 2.17. The summed E-state index contributed by atoms with van der Waals surface area (Å²) in [6, 6.07) is 0.360. The molecule has 6 heteroatoms. The maximum Gasteiger partial charge on any atom is 0.283 e. The van der Waals surface area contributed by atoms with E-state index in [2.05, 4.69) is 20.9 Å². The van der Waals surface area contributed by atoms with Gasteiger partial charge in [0, 0.05) is 6.07 Å². The van der Waals surface area contributed by atoms with E-state index in [1.165, 1.54) is 0 Å². The van der Waals surface area contributed by atoms with Gasteiger partial charge in [0.15, 0.2) is 11.6 Å². The molecule has 0 atom stereocenters. The predicted octanol–water partition coefficient (Wildman–Crippen LogP) is 3.06. The molecule has 0 spiro atoms. The Morgan fingerprint density at radius 1 is 1.25 bits per heavy atom. The summed E-state index contributed by atoms with van der Waals surface area (Å²) in [7, 11) is 0. The van der Waals surface area contributed by atoms with Crippen molar-refractivity contribution in [1.29, 1.82) is 0 Å². The molecule has 1 heterocycles. The van der Waals surface area contributed by atoms with E-state index in [9.17, 15) is 17.6 Å². The standard InChI is InChI=1S/C6H2BrF4N/c7-5-3(9)1-2(8)4(12-5)6(10)11/h1,6H. The minimum absolute atomic E-state index is 0.360. The second-order valence-corrected chi connectivity index (χ2v) is 2.68. The van der Waals surface area contributed by atoms with Gasteiger partial charge in [-0.2, -0.15) is 0 Å². The molecule has 0 unspecified atom stereocenters. The van der Waals surface area contributed by atoms with Crippen molar-refractivity contribution in [2.45, 2.75) is 6.43 Å². The summed E-state index contributed by atoms with van der Waals surface area (Å²) in [5.41, 5.74) is -1.05. The van der Waals surface area contributed by atoms with E-state index in [4.69, 9.17) is 0 Å². The van der Waals surface area contributed by atoms with Crippen molar-refractivity contribution in [1.82, 2.24) is 4.98 Å². The number of alkyl halides is 2. The van der Waals surface area contributed by atoms with Crippen LogP contribution in [0.4, 0.5) is 17.6 Å². The van der Waals surface area contributed by atoms with E-state index >= 15 is 0 Å². The Bertz CT molecular complexity index is 302. The lowest BCUT2D eigenvalue weighted by molar-refractivity contribution is 0.140. The van der Waals surface area contributed by atoms with Crippen molar-refractivity contribution in [3.63, 3.8) is 0 Å². The molecule has 0 fully saturated rings. The Labute approximate surface area is 73.5 Å². The van der Waals surface area contributed by atoms with E-state index in [1.54, 1.807) is 0 Å². The first-order chi connectivity index (χ1) is 5.52. The molecule has 0 amide bonds. The van der Waals surface area contributed by atoms with Gasteiger partial charge in [-0.1, -0.05) is 0 Å². The van der Waals surface area contributed by atoms with Gasteiger partial charge in [-0.25, -0.2) is 22.5 Å². The van der Waals surface area contributed by atoms with Crippen LogP contribution in [0, 0.1) is 11.6 Å². The van der Waals surface area contributed by atoms with Crippen molar-refractivity contribution < 1.29 is 17.6 Å². The van der Waals surface area contributed by atoms with Crippen molar-refractivity contribution in [3.8, 4) is 0 Å². The second-order valence-electron chi connectivity index (χ2n) is 1.93. The van der Waals surface area contributed by atoms with Crippen LogP contribution >= 0.6 is 15.9 Å². The molecule has 0 bridgehead atoms. The van der Waals surface area contributed by atoms with Gasteiger partial charge < -0.3 is 0 Å². The van der Waals surface area contributed by atoms with E-state index < -0.39 is 28.4 Å². The molecule has 0 N–H and O–H groups in total. The van der Waals surface area contributed by atoms with Crippen LogP contribution in [0.15, 0.2) is 10.7 Å². The number of aromatic nitrogens is 1. The van der Waals surface area contributed by atoms with Crippen LogP contribution in [-0.4, -0.2) is 4.98 Å². The molecule has 0 aliphatic heterocycles. The molecular weight excluding hydrogens is 242 g/mol. The van der Waals surface area contributed by atoms with Gasteiger partial charge in [-0.3, -0.25) is 0 Å². The quantitative estimate of drug-likeness (QED) is 0.546. The third-order valence-electron chi connectivity index (χ3n) is 1.12. The average molecular weight is 244 g/mol. The summed E-state index contributed by atoms with van der Waals surface area (Å²) in [6.45, 7) is 0. The summed E-state index contributed by atoms with van der Waals surface area (Å²) < 4.78 is 48.3. The van der Waals surface area contributed by atoms with Crippen LogP contribution in [0.25, 0.3) is 0 Å². The highest BCUT2D eigenvalue weighted by atomic mass is 79.9. The number of halogens is 5. The lowest BCUT2D eigenvalue weighted by atomic mass is 10.3. The molecular formula is C6H2BrF4N. The average Bonchev–Trinajstić information content (AvgIpc) is 1.96. The van der Waals surface area contributed by atoms with E-state index in [0.29, 0.717) is 6.07 Å². The van der Waals surface area contributed by atoms with E-state index in [1.807, 2.05) is 0 Å². The Morgan fingerprint density at radius 2 is 1.83 bits per heavy atom. The topological polar surface area (TPSA) is 12.9 Å². The van der Waals surface area contributed by atoms with Gasteiger partial charge >= 0.3 is 0 Å². The van der Waals surface area contributed by atoms with Gasteiger partial charge in [0.1, 0.15) is 10.3 Å². The normalized spacial score (nSPS) is 10.8. The van der Waals surface area contributed by atoms with Gasteiger partial charge in [-0.05, 0) is 15.9 Å². The molecule has 0 radical (unpaired) electrons. The maximum absolute atomic E-state index is 12.5. The van der Waals surface area contributed by atoms with E-state index in [0.717, 1.165) is 0 Å². The highest BCUT2D eigenvalue weighted by molar-refractivity contribution is 9.10. The van der Waals surface area contributed by atoms with Gasteiger partial charge in [0.2, 0.25) is 0 Å². The first-order valence-corrected chi connectivity index (χ1v) is 3.61. The molecule has 1 rings (SSSR count). The summed E-state index contributed by atoms with van der Waals surface area (Å²) in [5.74, 6) is -2.34. The molecule has 1 aromatic rings. The molecule has 0 aromatic carbocycles. The molecule has 0 saturated heterocycles. The Morgan fingerprint density at radius 3 is 2.33 bits per heavy atom. The Hall–Kier alpha value is -0.650. The van der Waals surface area contributed by atoms with Crippen LogP contribution < -0.4 is 0 Å². The third-order valence-corrected chi connectivity index (χ3v) is 1.68. The van der Waals surface area contributed by atoms with Crippen LogP contribution in [0.5, 0.6) is 0 Å². The first-order valence-electron chi connectivity index (χ1n) is 2.82. The van der Waals surface area contributed by atoms with Crippen molar-refractivity contribution >= 4 is 15.9 Å². The molecule has 1 nitrogen and oxygen atoms in total. The zero-order valence-corrected chi connectivity index (χ0v) is 7.08. The molecule has 1 aromatic heterocycles. The summed E-state index contributed by atoms with van der Waals surface area (Å²) >= 11 is 2.56. The smallest absolute Gasteiger partial charge is 0.234 e. The largest absolute Gasteiger partial charge is 0.283 e. The number of hydrogen-bond donors (Lipinski definition) is 0. The summed E-state index contributed by atoms with van der Waals surface area (Å²) in [5, 5.41) is 0. The Balaban J connectivity index is 3.23. The number of pyridine rings is 1. The lowest BCUT2D eigenvalue weighted by Gasteiger charge is -2.01. The molecule has 12 heavy (non-hydrogen) atoms. The van der Waals surface area contributed by atoms with Gasteiger partial charge in [0.05, 0.1) is 0 Å². The minimum atomic E-state index is -3.04. The number of hydrogen-bond acceptors (Lipinski definition) is 1. The number of rotatable bonds is 1. The van der Waals surface area contributed by atoms with Crippen LogP contribution in [0.3, 0.4) is 0 Å². The molecule has 66 valence electrons. The predicted molar refractivity (Wildman–Crippen MR) is 36.8 cm³/mol. The van der Waals surface area contributed by atoms with Gasteiger partial charge in [0.25, 0.3) is 6.43 Å². The SMILES string of the molecule is Fc1cc(F)c(C(F)F)nc1Br. The first kappa shape index (κ1) is 9.44. The van der Waals surface area contributed by atoms with E-state index in [-0.39, 0.29) is 0 Å². The van der Waals surface area contributed by atoms with Gasteiger partial charge in [-0.15, -0.1) is 0 Å². The van der Waals surface area contributed by atoms with Crippen molar-refractivity contribution in [2.75, 3.05) is 0 Å².